The lowest BCUT2D eigenvalue weighted by Gasteiger charge is -2.31. The van der Waals surface area contributed by atoms with Gasteiger partial charge in [-0.3, -0.25) is 14.5 Å². The van der Waals surface area contributed by atoms with Crippen LogP contribution in [0.1, 0.15) is 21.5 Å². The summed E-state index contributed by atoms with van der Waals surface area (Å²) >= 11 is 0. The number of amides is 2. The zero-order chi connectivity index (χ0) is 25.6. The molecule has 0 unspecified atom stereocenters. The van der Waals surface area contributed by atoms with Gasteiger partial charge in [-0.15, -0.1) is 0 Å². The van der Waals surface area contributed by atoms with Crippen LogP contribution in [0.25, 0.3) is 0 Å². The van der Waals surface area contributed by atoms with E-state index in [-0.39, 0.29) is 18.4 Å². The van der Waals surface area contributed by atoms with Crippen molar-refractivity contribution in [2.45, 2.75) is 13.2 Å². The molecule has 0 atom stereocenters. The Morgan fingerprint density at radius 3 is 2.27 bits per heavy atom. The normalized spacial score (nSPS) is 12.4. The van der Waals surface area contributed by atoms with Gasteiger partial charge in [-0.1, -0.05) is 60.7 Å². The smallest absolute Gasteiger partial charge is 0.265 e. The minimum atomic E-state index is -0.325. The Kier molecular flexibility index (Phi) is 7.03. The standard InChI is InChI=1S/C30H26N2O5/c1-35-26-16-23(17-27-29(26)32(28(33)20-37-27)18-21-8-4-2-5-9-21)30(34)31-24-12-14-25(15-13-24)36-19-22-10-6-3-7-11-22/h2-17H,18-20H2,1H3,(H,31,34). The van der Waals surface area contributed by atoms with Crippen molar-refractivity contribution in [3.8, 4) is 17.2 Å². The van der Waals surface area contributed by atoms with Crippen LogP contribution in [0.2, 0.25) is 0 Å². The Labute approximate surface area is 215 Å². The van der Waals surface area contributed by atoms with E-state index in [1.807, 2.05) is 72.8 Å². The van der Waals surface area contributed by atoms with E-state index in [4.69, 9.17) is 14.2 Å². The number of carbonyl (C=O) groups excluding carboxylic acids is 2. The summed E-state index contributed by atoms with van der Waals surface area (Å²) in [6.45, 7) is 0.723. The molecule has 1 N–H and O–H groups in total. The zero-order valence-corrected chi connectivity index (χ0v) is 20.3. The molecule has 5 rings (SSSR count). The third kappa shape index (κ3) is 5.56. The molecule has 4 aromatic rings. The molecule has 0 radical (unpaired) electrons. The van der Waals surface area contributed by atoms with Crippen molar-refractivity contribution in [1.82, 2.24) is 0 Å². The van der Waals surface area contributed by atoms with Gasteiger partial charge in [-0.05, 0) is 47.5 Å². The Morgan fingerprint density at radius 2 is 1.59 bits per heavy atom. The maximum absolute atomic E-state index is 13.1. The maximum atomic E-state index is 13.1. The highest BCUT2D eigenvalue weighted by molar-refractivity contribution is 6.07. The van der Waals surface area contributed by atoms with Gasteiger partial charge in [0.1, 0.15) is 29.5 Å². The topological polar surface area (TPSA) is 77.1 Å². The number of hydrogen-bond donors (Lipinski definition) is 1. The molecule has 0 bridgehead atoms. The number of benzene rings is 4. The van der Waals surface area contributed by atoms with Crippen LogP contribution in [-0.4, -0.2) is 25.5 Å². The van der Waals surface area contributed by atoms with Crippen molar-refractivity contribution in [3.05, 3.63) is 114 Å². The number of nitrogens with one attached hydrogen (secondary N) is 1. The second-order valence-electron chi connectivity index (χ2n) is 8.53. The second-order valence-corrected chi connectivity index (χ2v) is 8.53. The third-order valence-corrected chi connectivity index (χ3v) is 5.99. The van der Waals surface area contributed by atoms with Gasteiger partial charge in [-0.25, -0.2) is 0 Å². The fourth-order valence-corrected chi connectivity index (χ4v) is 4.10. The second kappa shape index (κ2) is 10.9. The minimum Gasteiger partial charge on any atom is -0.494 e. The van der Waals surface area contributed by atoms with Crippen LogP contribution in [0, 0.1) is 0 Å². The predicted octanol–water partition coefficient (Wildman–Crippen LogP) is 5.45. The molecule has 1 heterocycles. The van der Waals surface area contributed by atoms with E-state index < -0.39 is 0 Å². The Hall–Kier alpha value is -4.78. The molecule has 0 saturated heterocycles. The number of methoxy groups -OCH3 is 1. The first-order valence-electron chi connectivity index (χ1n) is 11.9. The van der Waals surface area contributed by atoms with Gasteiger partial charge < -0.3 is 19.5 Å². The molecule has 7 nitrogen and oxygen atoms in total. The van der Waals surface area contributed by atoms with Crippen molar-refractivity contribution >= 4 is 23.2 Å². The van der Waals surface area contributed by atoms with Crippen LogP contribution in [0.4, 0.5) is 11.4 Å². The van der Waals surface area contributed by atoms with Gasteiger partial charge in [0.25, 0.3) is 11.8 Å². The summed E-state index contributed by atoms with van der Waals surface area (Å²) in [4.78, 5) is 27.4. The van der Waals surface area contributed by atoms with Gasteiger partial charge in [0.05, 0.1) is 13.7 Å². The van der Waals surface area contributed by atoms with E-state index in [1.54, 1.807) is 29.2 Å². The van der Waals surface area contributed by atoms with Crippen molar-refractivity contribution in [2.24, 2.45) is 0 Å². The largest absolute Gasteiger partial charge is 0.494 e. The van der Waals surface area contributed by atoms with E-state index in [0.29, 0.717) is 47.3 Å². The molecule has 7 heteroatoms. The summed E-state index contributed by atoms with van der Waals surface area (Å²) in [5, 5.41) is 2.89. The Balaban J connectivity index is 1.31. The van der Waals surface area contributed by atoms with E-state index in [0.717, 1.165) is 11.1 Å². The number of fused-ring (bicyclic) bond motifs is 1. The number of ether oxygens (including phenoxy) is 3. The molecule has 1 aliphatic rings. The molecule has 37 heavy (non-hydrogen) atoms. The number of anilines is 2. The molecule has 0 fully saturated rings. The van der Waals surface area contributed by atoms with Crippen LogP contribution < -0.4 is 24.4 Å². The van der Waals surface area contributed by atoms with Crippen molar-refractivity contribution in [2.75, 3.05) is 23.9 Å². The zero-order valence-electron chi connectivity index (χ0n) is 20.3. The van der Waals surface area contributed by atoms with Crippen molar-refractivity contribution in [1.29, 1.82) is 0 Å². The Morgan fingerprint density at radius 1 is 0.919 bits per heavy atom. The SMILES string of the molecule is COc1cc(C(=O)Nc2ccc(OCc3ccccc3)cc2)cc2c1N(Cc1ccccc1)C(=O)CO2. The average molecular weight is 495 g/mol. The van der Waals surface area contributed by atoms with E-state index >= 15 is 0 Å². The lowest BCUT2D eigenvalue weighted by molar-refractivity contribution is -0.121. The van der Waals surface area contributed by atoms with Crippen LogP contribution in [0.15, 0.2) is 97.1 Å². The summed E-state index contributed by atoms with van der Waals surface area (Å²) in [5.74, 6) is 1.01. The van der Waals surface area contributed by atoms with E-state index in [9.17, 15) is 9.59 Å². The molecular weight excluding hydrogens is 468 g/mol. The van der Waals surface area contributed by atoms with Gasteiger partial charge in [0.2, 0.25) is 0 Å². The average Bonchev–Trinajstić information content (AvgIpc) is 2.94. The molecule has 2 amide bonds. The number of nitrogens with zero attached hydrogens (tertiary/aromatic N) is 1. The summed E-state index contributed by atoms with van der Waals surface area (Å²) < 4.78 is 17.1. The highest BCUT2D eigenvalue weighted by Gasteiger charge is 2.30. The van der Waals surface area contributed by atoms with E-state index in [1.165, 1.54) is 7.11 Å². The van der Waals surface area contributed by atoms with Gasteiger partial charge in [0, 0.05) is 11.3 Å². The molecule has 0 aromatic heterocycles. The predicted molar refractivity (Wildman–Crippen MR) is 141 cm³/mol. The van der Waals surface area contributed by atoms with Gasteiger partial charge >= 0.3 is 0 Å². The van der Waals surface area contributed by atoms with Crippen LogP contribution in [0.5, 0.6) is 17.2 Å². The first-order chi connectivity index (χ1) is 18.1. The molecule has 186 valence electrons. The highest BCUT2D eigenvalue weighted by atomic mass is 16.5. The van der Waals surface area contributed by atoms with Crippen LogP contribution in [0.3, 0.4) is 0 Å². The minimum absolute atomic E-state index is 0.113. The van der Waals surface area contributed by atoms with Gasteiger partial charge in [0.15, 0.2) is 6.61 Å². The summed E-state index contributed by atoms with van der Waals surface area (Å²) in [6, 6.07) is 30.0. The number of hydrogen-bond acceptors (Lipinski definition) is 5. The van der Waals surface area contributed by atoms with Crippen molar-refractivity contribution in [3.63, 3.8) is 0 Å². The highest BCUT2D eigenvalue weighted by Crippen LogP contribution is 2.42. The molecule has 0 spiro atoms. The molecule has 0 saturated carbocycles. The molecule has 0 aliphatic carbocycles. The van der Waals surface area contributed by atoms with Crippen LogP contribution >= 0.6 is 0 Å². The summed E-state index contributed by atoms with van der Waals surface area (Å²) in [5.41, 5.74) is 3.54. The molecule has 4 aromatic carbocycles. The third-order valence-electron chi connectivity index (χ3n) is 5.99. The maximum Gasteiger partial charge on any atom is 0.265 e. The Bertz CT molecular complexity index is 1370. The fourth-order valence-electron chi connectivity index (χ4n) is 4.10. The van der Waals surface area contributed by atoms with Crippen molar-refractivity contribution < 1.29 is 23.8 Å². The summed E-state index contributed by atoms with van der Waals surface area (Å²) in [6.07, 6.45) is 0. The lowest BCUT2D eigenvalue weighted by Crippen LogP contribution is -2.38. The first kappa shape index (κ1) is 23.9. The number of carbonyl (C=O) groups is 2. The summed E-state index contributed by atoms with van der Waals surface area (Å²) in [7, 11) is 1.51. The monoisotopic (exact) mass is 494 g/mol. The quantitative estimate of drug-likeness (QED) is 0.352. The number of rotatable bonds is 8. The first-order valence-corrected chi connectivity index (χ1v) is 11.9. The molecule has 1 aliphatic heterocycles. The fraction of sp³-hybridized carbons (Fsp3) is 0.133. The van der Waals surface area contributed by atoms with E-state index in [2.05, 4.69) is 5.32 Å². The molecular formula is C30H26N2O5. The van der Waals surface area contributed by atoms with Gasteiger partial charge in [-0.2, -0.15) is 0 Å². The van der Waals surface area contributed by atoms with Crippen LogP contribution in [-0.2, 0) is 17.9 Å². The lowest BCUT2D eigenvalue weighted by atomic mass is 10.1.